The van der Waals surface area contributed by atoms with Gasteiger partial charge in [-0.25, -0.2) is 0 Å². The molecule has 2 aromatic rings. The number of carbonyl (C=O) groups excluding carboxylic acids is 2. The number of benzene rings is 2. The van der Waals surface area contributed by atoms with Gasteiger partial charge in [-0.1, -0.05) is 37.3 Å². The molecule has 1 N–H and O–H groups in total. The van der Waals surface area contributed by atoms with Crippen LogP contribution in [0.1, 0.15) is 48.9 Å². The molecule has 1 aliphatic heterocycles. The number of nitrogens with one attached hydrogen (secondary N) is 1. The molecule has 8 nitrogen and oxygen atoms in total. The molecule has 2 aliphatic rings. The van der Waals surface area contributed by atoms with Crippen LogP contribution >= 0.6 is 11.6 Å². The van der Waals surface area contributed by atoms with Crippen LogP contribution in [0.2, 0.25) is 5.02 Å². The first-order valence-corrected chi connectivity index (χ1v) is 12.2. The van der Waals surface area contributed by atoms with Gasteiger partial charge in [-0.05, 0) is 42.7 Å². The fourth-order valence-electron chi connectivity index (χ4n) is 4.75. The van der Waals surface area contributed by atoms with E-state index in [4.69, 9.17) is 11.6 Å². The number of nitrogens with zero attached hydrogens (tertiary/aromatic N) is 3. The third-order valence-corrected chi connectivity index (χ3v) is 7.08. The molecule has 1 heterocycles. The van der Waals surface area contributed by atoms with E-state index < -0.39 is 10.8 Å². The monoisotopic (exact) mass is 484 g/mol. The lowest BCUT2D eigenvalue weighted by Gasteiger charge is -2.36. The average Bonchev–Trinajstić information content (AvgIpc) is 3.37. The fourth-order valence-corrected chi connectivity index (χ4v) is 5.02. The molecular formula is C25H29ClN4O4. The topological polar surface area (TPSA) is 95.8 Å². The Kier molecular flexibility index (Phi) is 7.67. The largest absolute Gasteiger partial charge is 0.368 e. The number of nitro benzene ring substituents is 1. The summed E-state index contributed by atoms with van der Waals surface area (Å²) in [5.74, 6) is 0.576. The van der Waals surface area contributed by atoms with Gasteiger partial charge in [0.25, 0.3) is 11.6 Å². The number of piperazine rings is 1. The second-order valence-electron chi connectivity index (χ2n) is 8.98. The minimum Gasteiger partial charge on any atom is -0.368 e. The summed E-state index contributed by atoms with van der Waals surface area (Å²) >= 11 is 6.05. The van der Waals surface area contributed by atoms with E-state index in [9.17, 15) is 19.7 Å². The number of non-ortho nitro benzene ring substituents is 1. The zero-order valence-corrected chi connectivity index (χ0v) is 19.8. The predicted molar refractivity (Wildman–Crippen MR) is 132 cm³/mol. The Balaban J connectivity index is 1.27. The Labute approximate surface area is 204 Å². The second-order valence-corrected chi connectivity index (χ2v) is 9.39. The highest BCUT2D eigenvalue weighted by atomic mass is 35.5. The lowest BCUT2D eigenvalue weighted by Crippen LogP contribution is -2.48. The molecule has 4 rings (SSSR count). The quantitative estimate of drug-likeness (QED) is 0.434. The summed E-state index contributed by atoms with van der Waals surface area (Å²) in [6.07, 6.45) is 6.86. The van der Waals surface area contributed by atoms with Gasteiger partial charge in [-0.3, -0.25) is 19.7 Å². The molecule has 0 aromatic heterocycles. The van der Waals surface area contributed by atoms with Gasteiger partial charge < -0.3 is 15.1 Å². The highest BCUT2D eigenvalue weighted by Gasteiger charge is 2.23. The molecule has 1 saturated heterocycles. The van der Waals surface area contributed by atoms with E-state index in [2.05, 4.69) is 10.2 Å². The first-order chi connectivity index (χ1) is 16.4. The van der Waals surface area contributed by atoms with Crippen molar-refractivity contribution < 1.29 is 14.5 Å². The Morgan fingerprint density at radius 1 is 1.03 bits per heavy atom. The summed E-state index contributed by atoms with van der Waals surface area (Å²) in [6, 6.07) is 11.3. The van der Waals surface area contributed by atoms with Gasteiger partial charge in [0.05, 0.1) is 15.5 Å². The number of halogens is 1. The van der Waals surface area contributed by atoms with Gasteiger partial charge in [0.2, 0.25) is 5.91 Å². The molecule has 0 bridgehead atoms. The Bertz CT molecular complexity index is 1050. The minimum absolute atomic E-state index is 0.0268. The number of carbonyl (C=O) groups is 2. The van der Waals surface area contributed by atoms with Crippen molar-refractivity contribution in [3.63, 3.8) is 0 Å². The zero-order valence-electron chi connectivity index (χ0n) is 19.0. The molecule has 2 aromatic carbocycles. The summed E-state index contributed by atoms with van der Waals surface area (Å²) < 4.78 is 0. The normalized spacial score (nSPS) is 16.5. The molecule has 0 atom stereocenters. The summed E-state index contributed by atoms with van der Waals surface area (Å²) in [4.78, 5) is 39.6. The van der Waals surface area contributed by atoms with Crippen LogP contribution in [0, 0.1) is 16.0 Å². The summed E-state index contributed by atoms with van der Waals surface area (Å²) in [6.45, 7) is 3.00. The number of amides is 2. The summed E-state index contributed by atoms with van der Waals surface area (Å²) in [5.41, 5.74) is 1.64. The molecule has 0 unspecified atom stereocenters. The van der Waals surface area contributed by atoms with Crippen LogP contribution in [0.3, 0.4) is 0 Å². The van der Waals surface area contributed by atoms with E-state index in [0.717, 1.165) is 44.2 Å². The maximum Gasteiger partial charge on any atom is 0.270 e. The van der Waals surface area contributed by atoms with Crippen molar-refractivity contribution in [2.24, 2.45) is 5.92 Å². The van der Waals surface area contributed by atoms with E-state index in [1.54, 1.807) is 0 Å². The van der Waals surface area contributed by atoms with Crippen molar-refractivity contribution in [3.05, 3.63) is 63.2 Å². The third-order valence-electron chi connectivity index (χ3n) is 6.77. The van der Waals surface area contributed by atoms with Crippen molar-refractivity contribution >= 4 is 40.5 Å². The molecule has 2 amide bonds. The van der Waals surface area contributed by atoms with Crippen LogP contribution in [0.4, 0.5) is 17.1 Å². The number of hydrogen-bond acceptors (Lipinski definition) is 5. The third kappa shape index (κ3) is 5.86. The number of anilines is 2. The van der Waals surface area contributed by atoms with Crippen LogP contribution < -0.4 is 10.2 Å². The van der Waals surface area contributed by atoms with Crippen molar-refractivity contribution in [2.75, 3.05) is 36.4 Å². The highest BCUT2D eigenvalue weighted by Crippen LogP contribution is 2.29. The van der Waals surface area contributed by atoms with Crippen LogP contribution in [-0.2, 0) is 4.79 Å². The maximum atomic E-state index is 12.6. The fraction of sp³-hybridized carbons (Fsp3) is 0.440. The van der Waals surface area contributed by atoms with Crippen molar-refractivity contribution in [3.8, 4) is 0 Å². The zero-order chi connectivity index (χ0) is 24.1. The number of rotatable bonds is 7. The summed E-state index contributed by atoms with van der Waals surface area (Å²) in [7, 11) is 0. The maximum absolute atomic E-state index is 12.6. The molecule has 1 saturated carbocycles. The Morgan fingerprint density at radius 3 is 2.32 bits per heavy atom. The molecule has 1 aliphatic carbocycles. The molecule has 0 radical (unpaired) electrons. The van der Waals surface area contributed by atoms with E-state index in [-0.39, 0.29) is 22.2 Å². The molecule has 34 heavy (non-hydrogen) atoms. The van der Waals surface area contributed by atoms with Crippen LogP contribution in [0.25, 0.3) is 0 Å². The number of hydrogen-bond donors (Lipinski definition) is 1. The van der Waals surface area contributed by atoms with Gasteiger partial charge >= 0.3 is 0 Å². The number of nitro groups is 1. The molecule has 0 spiro atoms. The van der Waals surface area contributed by atoms with Crippen molar-refractivity contribution in [1.82, 2.24) is 4.90 Å². The molecule has 2 fully saturated rings. The molecular weight excluding hydrogens is 456 g/mol. The van der Waals surface area contributed by atoms with E-state index >= 15 is 0 Å². The van der Waals surface area contributed by atoms with E-state index in [0.29, 0.717) is 12.1 Å². The smallest absolute Gasteiger partial charge is 0.270 e. The molecule has 9 heteroatoms. The van der Waals surface area contributed by atoms with Crippen LogP contribution in [-0.4, -0.2) is 47.8 Å². The minimum atomic E-state index is -0.557. The highest BCUT2D eigenvalue weighted by molar-refractivity contribution is 6.34. The van der Waals surface area contributed by atoms with Gasteiger partial charge in [0.15, 0.2) is 0 Å². The van der Waals surface area contributed by atoms with E-state index in [1.165, 1.54) is 43.9 Å². The van der Waals surface area contributed by atoms with E-state index in [1.807, 2.05) is 29.2 Å². The van der Waals surface area contributed by atoms with Gasteiger partial charge in [-0.2, -0.15) is 0 Å². The standard InChI is InChI=1S/C25H29ClN4O4/c26-23-17-21(30(33)34)10-11-22(23)25(32)27-19-6-8-20(9-7-19)28-13-15-29(16-14-28)24(31)12-5-18-3-1-2-4-18/h6-11,17-18H,1-5,12-16H2,(H,27,32). The average molecular weight is 485 g/mol. The second kappa shape index (κ2) is 10.9. The predicted octanol–water partition coefficient (Wildman–Crippen LogP) is 5.12. The van der Waals surface area contributed by atoms with Gasteiger partial charge in [0.1, 0.15) is 0 Å². The lowest BCUT2D eigenvalue weighted by atomic mass is 10.0. The van der Waals surface area contributed by atoms with Gasteiger partial charge in [-0.15, -0.1) is 0 Å². The first-order valence-electron chi connectivity index (χ1n) is 11.8. The van der Waals surface area contributed by atoms with Crippen LogP contribution in [0.15, 0.2) is 42.5 Å². The summed E-state index contributed by atoms with van der Waals surface area (Å²) in [5, 5.41) is 13.6. The first kappa shape index (κ1) is 24.0. The van der Waals surface area contributed by atoms with Gasteiger partial charge in [0, 0.05) is 56.1 Å². The van der Waals surface area contributed by atoms with Crippen molar-refractivity contribution in [2.45, 2.75) is 38.5 Å². The Hall–Kier alpha value is -3.13. The van der Waals surface area contributed by atoms with Crippen LogP contribution in [0.5, 0.6) is 0 Å². The van der Waals surface area contributed by atoms with Crippen molar-refractivity contribution in [1.29, 1.82) is 0 Å². The lowest BCUT2D eigenvalue weighted by molar-refractivity contribution is -0.384. The molecule has 180 valence electrons. The SMILES string of the molecule is O=C(Nc1ccc(N2CCN(C(=O)CCC3CCCC3)CC2)cc1)c1ccc([N+](=O)[O-])cc1Cl. The Morgan fingerprint density at radius 2 is 1.71 bits per heavy atom.